The second kappa shape index (κ2) is 11.5. The number of carbonyl (C=O) groups is 3. The third kappa shape index (κ3) is 5.00. The number of nitrogens with zero attached hydrogens (tertiary/aromatic N) is 1. The molecule has 9 atom stereocenters. The van der Waals surface area contributed by atoms with Crippen molar-refractivity contribution in [2.45, 2.75) is 72.1 Å². The number of ether oxygens (including phenoxy) is 1. The van der Waals surface area contributed by atoms with Crippen molar-refractivity contribution in [3.63, 3.8) is 0 Å². The maximum atomic E-state index is 15.9. The van der Waals surface area contributed by atoms with Crippen LogP contribution in [0, 0.1) is 39.9 Å². The third-order valence-corrected chi connectivity index (χ3v) is 11.6. The van der Waals surface area contributed by atoms with E-state index in [0.717, 1.165) is 25.8 Å². The minimum absolute atomic E-state index is 0.00236. The molecule has 4 aliphatic carbocycles. The molecule has 1 aromatic carbocycles. The molecule has 3 fully saturated rings. The average molecular weight is 580 g/mol. The first kappa shape index (κ1) is 30.8. The number of ketones is 2. The van der Waals surface area contributed by atoms with Gasteiger partial charge in [-0.15, -0.1) is 0 Å². The number of halogens is 1. The molecule has 0 radical (unpaired) electrons. The summed E-state index contributed by atoms with van der Waals surface area (Å²) in [6, 6.07) is 10.3. The molecule has 1 aromatic rings. The lowest BCUT2D eigenvalue weighted by Crippen LogP contribution is -2.63. The summed E-state index contributed by atoms with van der Waals surface area (Å²) in [5.74, 6) is -1.26. The normalized spacial score (nSPS) is 38.9. The summed E-state index contributed by atoms with van der Waals surface area (Å²) >= 11 is 0. The lowest BCUT2D eigenvalue weighted by Gasteiger charge is -2.61. The number of aliphatic hydroxyl groups excluding tert-OH is 1. The van der Waals surface area contributed by atoms with E-state index in [1.807, 2.05) is 32.2 Å². The highest BCUT2D eigenvalue weighted by molar-refractivity contribution is 6.01. The van der Waals surface area contributed by atoms with Crippen LogP contribution >= 0.6 is 0 Å². The quantitative estimate of drug-likeness (QED) is 0.408. The van der Waals surface area contributed by atoms with E-state index in [9.17, 15) is 19.5 Å². The van der Waals surface area contributed by atoms with Gasteiger partial charge in [0.05, 0.1) is 11.5 Å². The highest BCUT2D eigenvalue weighted by Crippen LogP contribution is 2.71. The SMILES string of the molecule is CC(=O)OCC(=O)[C@@]1(CN(C)CCCc2ccccc2)[C@H](C)CC2[C@@H]3C[C@H](F)C4=CC(=O)C=C[C@]4(C)C3C(O)C[C@@]21C. The number of fused-ring (bicyclic) bond motifs is 5. The maximum Gasteiger partial charge on any atom is 0.303 e. The molecule has 0 aromatic heterocycles. The van der Waals surface area contributed by atoms with Crippen LogP contribution in [0.25, 0.3) is 0 Å². The molecule has 5 rings (SSSR count). The standard InChI is InChI=1S/C35H46FNO5/c1-22-16-27-26-18-29(36)28-17-25(39)13-14-33(28,3)32(26)30(40)19-34(27,4)35(22,31(41)20-42-23(2)38)21-37(5)15-9-12-24-10-7-6-8-11-24/h6-8,10-11,13-14,17,22,26-27,29-30,32,40H,9,12,15-16,18-21H2,1-5H3/t22-,26+,27?,29+,30?,32?,33+,34+,35-/m1/s1. The van der Waals surface area contributed by atoms with Crippen molar-refractivity contribution in [3.05, 3.63) is 59.7 Å². The highest BCUT2D eigenvalue weighted by atomic mass is 19.1. The fourth-order valence-corrected chi connectivity index (χ4v) is 9.79. The number of esters is 1. The molecule has 1 N–H and O–H groups in total. The van der Waals surface area contributed by atoms with E-state index < -0.39 is 34.5 Å². The first-order chi connectivity index (χ1) is 19.8. The van der Waals surface area contributed by atoms with E-state index >= 15 is 4.39 Å². The smallest absolute Gasteiger partial charge is 0.303 e. The van der Waals surface area contributed by atoms with E-state index in [0.29, 0.717) is 18.5 Å². The predicted octanol–water partition coefficient (Wildman–Crippen LogP) is 5.14. The summed E-state index contributed by atoms with van der Waals surface area (Å²) in [5.41, 5.74) is -0.500. The van der Waals surface area contributed by atoms with E-state index in [1.165, 1.54) is 24.6 Å². The number of alkyl halides is 1. The largest absolute Gasteiger partial charge is 0.458 e. The van der Waals surface area contributed by atoms with E-state index in [1.54, 1.807) is 6.08 Å². The molecule has 3 unspecified atom stereocenters. The first-order valence-corrected chi connectivity index (χ1v) is 15.5. The van der Waals surface area contributed by atoms with Crippen LogP contribution in [-0.4, -0.2) is 66.6 Å². The van der Waals surface area contributed by atoms with Crippen LogP contribution < -0.4 is 0 Å². The molecule has 7 heteroatoms. The molecule has 228 valence electrons. The summed E-state index contributed by atoms with van der Waals surface area (Å²) < 4.78 is 21.2. The molecule has 4 aliphatic rings. The zero-order valence-electron chi connectivity index (χ0n) is 25.6. The van der Waals surface area contributed by atoms with Crippen LogP contribution in [0.1, 0.15) is 58.9 Å². The number of benzene rings is 1. The fourth-order valence-electron chi connectivity index (χ4n) is 9.79. The number of rotatable bonds is 9. The van der Waals surface area contributed by atoms with Gasteiger partial charge in [0.2, 0.25) is 0 Å². The number of Topliss-reactive ketones (excluding diaryl/α,β-unsaturated/α-hetero) is 1. The minimum Gasteiger partial charge on any atom is -0.458 e. The lowest BCUT2D eigenvalue weighted by molar-refractivity contribution is -0.170. The molecule has 0 saturated heterocycles. The minimum atomic E-state index is -1.28. The summed E-state index contributed by atoms with van der Waals surface area (Å²) in [6.45, 7) is 8.46. The monoisotopic (exact) mass is 579 g/mol. The lowest BCUT2D eigenvalue weighted by atomic mass is 9.44. The molecule has 0 heterocycles. The third-order valence-electron chi connectivity index (χ3n) is 11.6. The molecule has 6 nitrogen and oxygen atoms in total. The van der Waals surface area contributed by atoms with Gasteiger partial charge in [-0.2, -0.15) is 0 Å². The van der Waals surface area contributed by atoms with E-state index in [2.05, 4.69) is 30.9 Å². The number of hydrogen-bond acceptors (Lipinski definition) is 6. The molecule has 0 bridgehead atoms. The van der Waals surface area contributed by atoms with Crippen LogP contribution in [0.3, 0.4) is 0 Å². The van der Waals surface area contributed by atoms with Gasteiger partial charge in [-0.25, -0.2) is 4.39 Å². The Morgan fingerprint density at radius 1 is 1.17 bits per heavy atom. The zero-order valence-corrected chi connectivity index (χ0v) is 25.6. The summed E-state index contributed by atoms with van der Waals surface area (Å²) in [6.07, 6.45) is 5.91. The van der Waals surface area contributed by atoms with Crippen molar-refractivity contribution in [1.29, 1.82) is 0 Å². The highest BCUT2D eigenvalue weighted by Gasteiger charge is 2.71. The van der Waals surface area contributed by atoms with Crippen molar-refractivity contribution in [2.24, 2.45) is 39.9 Å². The van der Waals surface area contributed by atoms with Crippen LogP contribution in [0.4, 0.5) is 4.39 Å². The van der Waals surface area contributed by atoms with Gasteiger partial charge in [0.15, 0.2) is 18.2 Å². The van der Waals surface area contributed by atoms with Crippen molar-refractivity contribution in [3.8, 4) is 0 Å². The molecule has 0 aliphatic heterocycles. The summed E-state index contributed by atoms with van der Waals surface area (Å²) in [7, 11) is 2.04. The number of hydrogen-bond donors (Lipinski definition) is 1. The average Bonchev–Trinajstić information content (AvgIpc) is 3.15. The second-order valence-electron chi connectivity index (χ2n) is 13.9. The fraction of sp³-hybridized carbons (Fsp3) is 0.629. The Morgan fingerprint density at radius 2 is 1.88 bits per heavy atom. The van der Waals surface area contributed by atoms with Crippen LogP contribution in [0.5, 0.6) is 0 Å². The molecular weight excluding hydrogens is 533 g/mol. The van der Waals surface area contributed by atoms with Crippen LogP contribution in [0.15, 0.2) is 54.1 Å². The maximum absolute atomic E-state index is 15.9. The Bertz CT molecular complexity index is 1280. The van der Waals surface area contributed by atoms with E-state index in [-0.39, 0.29) is 48.3 Å². The van der Waals surface area contributed by atoms with Gasteiger partial charge in [-0.3, -0.25) is 14.4 Å². The Morgan fingerprint density at radius 3 is 2.57 bits per heavy atom. The van der Waals surface area contributed by atoms with E-state index in [4.69, 9.17) is 4.74 Å². The topological polar surface area (TPSA) is 83.9 Å². The first-order valence-electron chi connectivity index (χ1n) is 15.5. The number of allylic oxidation sites excluding steroid dienone is 4. The molecule has 3 saturated carbocycles. The van der Waals surface area contributed by atoms with Crippen LogP contribution in [0.2, 0.25) is 0 Å². The summed E-state index contributed by atoms with van der Waals surface area (Å²) in [4.78, 5) is 40.5. The molecule has 42 heavy (non-hydrogen) atoms. The Labute approximate surface area is 249 Å². The second-order valence-corrected chi connectivity index (χ2v) is 13.9. The van der Waals surface area contributed by atoms with Gasteiger partial charge < -0.3 is 14.7 Å². The Hall–Kier alpha value is -2.64. The van der Waals surface area contributed by atoms with Gasteiger partial charge >= 0.3 is 5.97 Å². The van der Waals surface area contributed by atoms with Crippen molar-refractivity contribution < 1.29 is 28.6 Å². The number of aliphatic hydroxyl groups is 1. The van der Waals surface area contributed by atoms with Gasteiger partial charge in [0.25, 0.3) is 0 Å². The Balaban J connectivity index is 1.47. The van der Waals surface area contributed by atoms with Crippen molar-refractivity contribution in [1.82, 2.24) is 4.90 Å². The molecular formula is C35H46FNO5. The molecule has 0 amide bonds. The Kier molecular flexibility index (Phi) is 8.40. The zero-order chi connectivity index (χ0) is 30.4. The van der Waals surface area contributed by atoms with Gasteiger partial charge in [0, 0.05) is 24.8 Å². The molecule has 0 spiro atoms. The number of aryl methyl sites for hydroxylation is 1. The predicted molar refractivity (Wildman–Crippen MR) is 159 cm³/mol. The van der Waals surface area contributed by atoms with Gasteiger partial charge in [-0.1, -0.05) is 57.2 Å². The van der Waals surface area contributed by atoms with Gasteiger partial charge in [-0.05, 0) is 92.2 Å². The number of carbonyl (C=O) groups excluding carboxylic acids is 3. The van der Waals surface area contributed by atoms with Gasteiger partial charge in [0.1, 0.15) is 6.17 Å². The van der Waals surface area contributed by atoms with Crippen molar-refractivity contribution in [2.75, 3.05) is 26.7 Å². The van der Waals surface area contributed by atoms with Crippen LogP contribution in [-0.2, 0) is 25.5 Å². The summed E-state index contributed by atoms with van der Waals surface area (Å²) in [5, 5.41) is 11.9. The van der Waals surface area contributed by atoms with Crippen molar-refractivity contribution >= 4 is 17.5 Å².